The van der Waals surface area contributed by atoms with E-state index in [0.29, 0.717) is 12.2 Å². The molecule has 0 unspecified atom stereocenters. The highest BCUT2D eigenvalue weighted by molar-refractivity contribution is 9.10. The van der Waals surface area contributed by atoms with Gasteiger partial charge in [-0.1, -0.05) is 22.9 Å². The van der Waals surface area contributed by atoms with E-state index in [-0.39, 0.29) is 6.79 Å². The van der Waals surface area contributed by atoms with Gasteiger partial charge in [-0.15, -0.1) is 0 Å². The highest BCUT2D eigenvalue weighted by atomic mass is 79.9. The molecule has 76 valence electrons. The number of benzene rings is 1. The second kappa shape index (κ2) is 3.79. The largest absolute Gasteiger partial charge is 0.454 e. The average Bonchev–Trinajstić information content (AvgIpc) is 2.62. The first kappa shape index (κ1) is 9.80. The molecule has 0 fully saturated rings. The molecule has 3 nitrogen and oxygen atoms in total. The van der Waals surface area contributed by atoms with Crippen molar-refractivity contribution in [1.29, 1.82) is 0 Å². The van der Waals surface area contributed by atoms with Crippen LogP contribution in [0.15, 0.2) is 16.6 Å². The number of rotatable bonds is 2. The van der Waals surface area contributed by atoms with Crippen molar-refractivity contribution >= 4 is 15.9 Å². The van der Waals surface area contributed by atoms with E-state index in [1.165, 1.54) is 0 Å². The van der Waals surface area contributed by atoms with Gasteiger partial charge in [-0.25, -0.2) is 0 Å². The Morgan fingerprint density at radius 3 is 2.71 bits per heavy atom. The summed E-state index contributed by atoms with van der Waals surface area (Å²) >= 11 is 3.40. The molecule has 0 spiro atoms. The zero-order chi connectivity index (χ0) is 10.1. The molecule has 1 aliphatic rings. The first-order valence-corrected chi connectivity index (χ1v) is 5.28. The molecule has 0 aliphatic carbocycles. The monoisotopic (exact) mass is 258 g/mol. The molecule has 1 aromatic carbocycles. The van der Waals surface area contributed by atoms with Gasteiger partial charge in [0.15, 0.2) is 11.5 Å². The Balaban J connectivity index is 2.42. The van der Waals surface area contributed by atoms with E-state index in [4.69, 9.17) is 9.47 Å². The Kier molecular flexibility index (Phi) is 2.65. The van der Waals surface area contributed by atoms with Crippen molar-refractivity contribution in [2.24, 2.45) is 0 Å². The maximum Gasteiger partial charge on any atom is 0.231 e. The van der Waals surface area contributed by atoms with Crippen molar-refractivity contribution in [2.45, 2.75) is 19.4 Å². The summed E-state index contributed by atoms with van der Waals surface area (Å²) in [4.78, 5) is 0. The van der Waals surface area contributed by atoms with Crippen LogP contribution < -0.4 is 9.47 Å². The topological polar surface area (TPSA) is 38.7 Å². The highest BCUT2D eigenvalue weighted by Gasteiger charge is 2.18. The molecule has 1 aliphatic heterocycles. The molecular weight excluding hydrogens is 248 g/mol. The summed E-state index contributed by atoms with van der Waals surface area (Å²) in [6.45, 7) is 2.19. The Labute approximate surface area is 90.8 Å². The molecule has 0 radical (unpaired) electrons. The van der Waals surface area contributed by atoms with E-state index in [1.54, 1.807) is 0 Å². The number of hydrogen-bond donors (Lipinski definition) is 1. The minimum Gasteiger partial charge on any atom is -0.454 e. The van der Waals surface area contributed by atoms with E-state index in [2.05, 4.69) is 15.9 Å². The van der Waals surface area contributed by atoms with E-state index >= 15 is 0 Å². The van der Waals surface area contributed by atoms with Gasteiger partial charge in [-0.05, 0) is 24.1 Å². The van der Waals surface area contributed by atoms with Crippen LogP contribution in [0.5, 0.6) is 11.5 Å². The van der Waals surface area contributed by atoms with Crippen LogP contribution in [0.4, 0.5) is 0 Å². The van der Waals surface area contributed by atoms with Crippen molar-refractivity contribution in [1.82, 2.24) is 0 Å². The Hall–Kier alpha value is -0.740. The number of aliphatic hydroxyl groups excluding tert-OH is 1. The highest BCUT2D eigenvalue weighted by Crippen LogP contribution is 2.39. The average molecular weight is 259 g/mol. The van der Waals surface area contributed by atoms with Crippen LogP contribution in [0.1, 0.15) is 25.0 Å². The number of halogens is 1. The van der Waals surface area contributed by atoms with Crippen molar-refractivity contribution < 1.29 is 14.6 Å². The summed E-state index contributed by atoms with van der Waals surface area (Å²) in [5.41, 5.74) is 0.844. The quantitative estimate of drug-likeness (QED) is 0.887. The molecule has 0 saturated heterocycles. The van der Waals surface area contributed by atoms with Crippen molar-refractivity contribution in [3.05, 3.63) is 22.2 Å². The Bertz CT molecular complexity index is 351. The minimum atomic E-state index is -0.459. The Morgan fingerprint density at radius 2 is 2.07 bits per heavy atom. The normalized spacial score (nSPS) is 15.6. The molecule has 4 heteroatoms. The predicted octanol–water partition coefficient (Wildman–Crippen LogP) is 2.62. The molecule has 2 rings (SSSR count). The molecule has 0 amide bonds. The predicted molar refractivity (Wildman–Crippen MR) is 55.5 cm³/mol. The van der Waals surface area contributed by atoms with Gasteiger partial charge in [-0.2, -0.15) is 0 Å². The van der Waals surface area contributed by atoms with Gasteiger partial charge >= 0.3 is 0 Å². The fraction of sp³-hybridized carbons (Fsp3) is 0.400. The van der Waals surface area contributed by atoms with Crippen LogP contribution in [0.3, 0.4) is 0 Å². The molecule has 1 atom stereocenters. The lowest BCUT2D eigenvalue weighted by Crippen LogP contribution is -1.96. The summed E-state index contributed by atoms with van der Waals surface area (Å²) in [6, 6.07) is 3.65. The maximum atomic E-state index is 9.71. The zero-order valence-corrected chi connectivity index (χ0v) is 9.37. The first-order chi connectivity index (χ1) is 6.72. The lowest BCUT2D eigenvalue weighted by atomic mass is 10.1. The molecular formula is C10H11BrO3. The van der Waals surface area contributed by atoms with Gasteiger partial charge in [0, 0.05) is 4.47 Å². The van der Waals surface area contributed by atoms with Crippen LogP contribution >= 0.6 is 15.9 Å². The third kappa shape index (κ3) is 1.60. The fourth-order valence-electron chi connectivity index (χ4n) is 1.41. The van der Waals surface area contributed by atoms with Gasteiger partial charge < -0.3 is 14.6 Å². The van der Waals surface area contributed by atoms with Gasteiger partial charge in [-0.3, -0.25) is 0 Å². The Morgan fingerprint density at radius 1 is 1.43 bits per heavy atom. The summed E-state index contributed by atoms with van der Waals surface area (Å²) in [5.74, 6) is 1.43. The molecule has 0 saturated carbocycles. The lowest BCUT2D eigenvalue weighted by Gasteiger charge is -2.11. The summed E-state index contributed by atoms with van der Waals surface area (Å²) in [6.07, 6.45) is 0.219. The van der Waals surface area contributed by atoms with E-state index in [1.807, 2.05) is 19.1 Å². The van der Waals surface area contributed by atoms with E-state index in [0.717, 1.165) is 15.8 Å². The zero-order valence-electron chi connectivity index (χ0n) is 7.79. The molecule has 1 aromatic rings. The van der Waals surface area contributed by atoms with Gasteiger partial charge in [0.1, 0.15) is 0 Å². The van der Waals surface area contributed by atoms with Gasteiger partial charge in [0.25, 0.3) is 0 Å². The van der Waals surface area contributed by atoms with Crippen molar-refractivity contribution in [3.63, 3.8) is 0 Å². The number of fused-ring (bicyclic) bond motifs is 1. The van der Waals surface area contributed by atoms with Crippen molar-refractivity contribution in [3.8, 4) is 11.5 Å². The number of hydrogen-bond acceptors (Lipinski definition) is 3. The molecule has 1 N–H and O–H groups in total. The van der Waals surface area contributed by atoms with Crippen LogP contribution in [0, 0.1) is 0 Å². The van der Waals surface area contributed by atoms with E-state index in [9.17, 15) is 5.11 Å². The van der Waals surface area contributed by atoms with Crippen LogP contribution in [-0.2, 0) is 0 Å². The molecule has 0 aromatic heterocycles. The van der Waals surface area contributed by atoms with Gasteiger partial charge in [0.2, 0.25) is 6.79 Å². The van der Waals surface area contributed by atoms with Crippen LogP contribution in [0.25, 0.3) is 0 Å². The standard InChI is InChI=1S/C10H11BrO3/c1-2-8(12)6-3-9-10(4-7(6)11)14-5-13-9/h3-4,8,12H,2,5H2,1H3/t8-/m0/s1. The third-order valence-electron chi connectivity index (χ3n) is 2.24. The molecule has 1 heterocycles. The number of aliphatic hydroxyl groups is 1. The molecule has 0 bridgehead atoms. The first-order valence-electron chi connectivity index (χ1n) is 4.49. The molecule has 14 heavy (non-hydrogen) atoms. The summed E-state index contributed by atoms with van der Waals surface area (Å²) < 4.78 is 11.3. The smallest absolute Gasteiger partial charge is 0.231 e. The maximum absolute atomic E-state index is 9.71. The van der Waals surface area contributed by atoms with Crippen LogP contribution in [-0.4, -0.2) is 11.9 Å². The van der Waals surface area contributed by atoms with Gasteiger partial charge in [0.05, 0.1) is 6.10 Å². The fourth-order valence-corrected chi connectivity index (χ4v) is 1.99. The van der Waals surface area contributed by atoms with Crippen LogP contribution in [0.2, 0.25) is 0 Å². The van der Waals surface area contributed by atoms with Crippen molar-refractivity contribution in [2.75, 3.05) is 6.79 Å². The minimum absolute atomic E-state index is 0.257. The SMILES string of the molecule is CC[C@H](O)c1cc2c(cc1Br)OCO2. The van der Waals surface area contributed by atoms with E-state index < -0.39 is 6.10 Å². The summed E-state index contributed by atoms with van der Waals surface area (Å²) in [5, 5.41) is 9.71. The summed E-state index contributed by atoms with van der Waals surface area (Å²) in [7, 11) is 0. The number of ether oxygens (including phenoxy) is 2. The second-order valence-electron chi connectivity index (χ2n) is 3.15. The third-order valence-corrected chi connectivity index (χ3v) is 2.92. The second-order valence-corrected chi connectivity index (χ2v) is 4.01. The lowest BCUT2D eigenvalue weighted by molar-refractivity contribution is 0.169.